The third-order valence-electron chi connectivity index (χ3n) is 9.32. The fourth-order valence-corrected chi connectivity index (χ4v) is 6.90. The minimum Gasteiger partial charge on any atom is -0.657 e. The molecule has 1 aromatic rings. The van der Waals surface area contributed by atoms with Gasteiger partial charge in [-0.15, -0.1) is 11.0 Å². The summed E-state index contributed by atoms with van der Waals surface area (Å²) in [5.41, 5.74) is 7.90. The zero-order valence-corrected chi connectivity index (χ0v) is 30.0. The van der Waals surface area contributed by atoms with Crippen molar-refractivity contribution >= 4 is 52.8 Å². The molecule has 6 rings (SSSR count). The second kappa shape index (κ2) is 13.9. The Morgan fingerprint density at radius 2 is 1.79 bits per heavy atom. The van der Waals surface area contributed by atoms with Crippen molar-refractivity contribution in [3.05, 3.63) is 86.0 Å². The quantitative estimate of drug-likeness (QED) is 0.241. The van der Waals surface area contributed by atoms with Crippen molar-refractivity contribution in [2.45, 2.75) is 47.0 Å². The van der Waals surface area contributed by atoms with Gasteiger partial charge in [-0.2, -0.15) is 0 Å². The number of ether oxygens (including phenoxy) is 1. The first-order valence-electron chi connectivity index (χ1n) is 14.9. The first-order chi connectivity index (χ1) is 21.5. The van der Waals surface area contributed by atoms with Gasteiger partial charge in [-0.1, -0.05) is 38.1 Å². The number of aldehydes is 1. The molecule has 10 nitrogen and oxygen atoms in total. The molecule has 3 atom stereocenters. The van der Waals surface area contributed by atoms with Crippen molar-refractivity contribution in [3.8, 4) is 0 Å². The smallest absolute Gasteiger partial charge is 0.657 e. The number of allylic oxidation sites excluding steroid dienone is 7. The van der Waals surface area contributed by atoms with Gasteiger partial charge < -0.3 is 19.9 Å². The van der Waals surface area contributed by atoms with Crippen LogP contribution in [0.3, 0.4) is 0 Å². The minimum absolute atomic E-state index is 0. The normalized spacial score (nSPS) is 22.4. The van der Waals surface area contributed by atoms with Crippen LogP contribution in [0.15, 0.2) is 79.2 Å². The molecule has 1 radical (unpaired) electrons. The molecule has 0 saturated carbocycles. The predicted molar refractivity (Wildman–Crippen MR) is 171 cm³/mol. The summed E-state index contributed by atoms with van der Waals surface area (Å²) in [5.74, 6) is -3.59. The molecule has 47 heavy (non-hydrogen) atoms. The molecule has 241 valence electrons. The second-order valence-corrected chi connectivity index (χ2v) is 11.7. The molecule has 1 aliphatic carbocycles. The number of aliphatic carboxylic acids is 1. The Morgan fingerprint density at radius 3 is 2.40 bits per heavy atom. The Bertz CT molecular complexity index is 2020. The predicted octanol–water partition coefficient (Wildman–Crippen LogP) is 0.585. The molecule has 2 N–H and O–H groups in total. The fraction of sp³-hybridized carbons (Fsp3) is 0.314. The number of hydrogen-bond acceptors (Lipinski definition) is 8. The summed E-state index contributed by atoms with van der Waals surface area (Å²) in [4.78, 5) is 57.0. The number of aliphatic imine (C=N–C) groups is 3. The van der Waals surface area contributed by atoms with Crippen LogP contribution in [0, 0.1) is 24.7 Å². The average Bonchev–Trinajstić information content (AvgIpc) is 3.76. The van der Waals surface area contributed by atoms with Gasteiger partial charge in [-0.3, -0.25) is 19.4 Å². The number of hydrogen-bond donors (Lipinski definition) is 2. The third-order valence-corrected chi connectivity index (χ3v) is 9.32. The van der Waals surface area contributed by atoms with Gasteiger partial charge in [-0.25, -0.2) is 9.98 Å². The molecule has 0 spiro atoms. The van der Waals surface area contributed by atoms with Gasteiger partial charge in [0, 0.05) is 63.1 Å². The number of aromatic nitrogens is 1. The standard InChI is InChI=1S/C35H34N4O6.Cu.Na/c1-7-18-15(3)22-11-23-16(4)20(9-10-28(41)42)32(38-23)30-31(35(44)45-6)34(43)29-17(5)24(39-33(29)30)12-26-19(8-2)21(14-40)27(37-26)13-25(18)36-22;;/h7,11-14,16,20,31H,1,8-10H2,2-6H3,(H3,36,37,38,39,40,41,42,43);;/q;;+1/p-1/t16-,20-,31+;;/m0../s1. The number of aliphatic hydroxyl groups excluding tert-OH is 1. The van der Waals surface area contributed by atoms with E-state index in [1.165, 1.54) is 7.11 Å². The van der Waals surface area contributed by atoms with Crippen LogP contribution in [0.1, 0.15) is 51.3 Å². The van der Waals surface area contributed by atoms with E-state index < -0.39 is 17.9 Å². The van der Waals surface area contributed by atoms with Gasteiger partial charge in [0.05, 0.1) is 29.9 Å². The van der Waals surface area contributed by atoms with E-state index in [0.717, 1.165) is 23.0 Å². The molecule has 0 amide bonds. The molecule has 12 heteroatoms. The molecule has 5 heterocycles. The van der Waals surface area contributed by atoms with Crippen molar-refractivity contribution < 1.29 is 76.0 Å². The van der Waals surface area contributed by atoms with E-state index in [1.54, 1.807) is 18.2 Å². The molecule has 4 aliphatic heterocycles. The summed E-state index contributed by atoms with van der Waals surface area (Å²) >= 11 is 0. The van der Waals surface area contributed by atoms with E-state index in [0.29, 0.717) is 73.6 Å². The monoisotopic (exact) mass is 691 g/mol. The molecule has 5 aliphatic rings. The molecule has 0 aromatic carbocycles. The Balaban J connectivity index is 0.00000250. The largest absolute Gasteiger partial charge is 1.00 e. The maximum absolute atomic E-state index is 13.2. The second-order valence-electron chi connectivity index (χ2n) is 11.7. The van der Waals surface area contributed by atoms with Crippen LogP contribution >= 0.6 is 0 Å². The van der Waals surface area contributed by atoms with Gasteiger partial charge in [-0.05, 0) is 55.6 Å². The average molecular weight is 692 g/mol. The number of carboxylic acids is 1. The van der Waals surface area contributed by atoms with Crippen molar-refractivity contribution in [2.24, 2.45) is 32.7 Å². The number of aliphatic hydroxyl groups is 1. The van der Waals surface area contributed by atoms with Crippen LogP contribution < -0.4 is 45.1 Å². The Labute approximate surface area is 304 Å². The summed E-state index contributed by atoms with van der Waals surface area (Å²) in [5, 5.41) is 22.0. The zero-order chi connectivity index (χ0) is 32.3. The van der Waals surface area contributed by atoms with Crippen molar-refractivity contribution in [1.82, 2.24) is 4.98 Å². The Kier molecular flexibility index (Phi) is 10.7. The van der Waals surface area contributed by atoms with Crippen molar-refractivity contribution in [1.29, 1.82) is 0 Å². The Morgan fingerprint density at radius 1 is 1.09 bits per heavy atom. The van der Waals surface area contributed by atoms with Crippen LogP contribution in [0.2, 0.25) is 0 Å². The van der Waals surface area contributed by atoms with Gasteiger partial charge in [0.2, 0.25) is 0 Å². The minimum atomic E-state index is -1.17. The number of rotatable bonds is 7. The van der Waals surface area contributed by atoms with Crippen LogP contribution in [0.5, 0.6) is 0 Å². The number of carbonyl (C=O) groups excluding carboxylic acids is 2. The van der Waals surface area contributed by atoms with E-state index >= 15 is 0 Å². The molecule has 0 unspecified atom stereocenters. The number of carbonyl (C=O) groups is 3. The van der Waals surface area contributed by atoms with Crippen molar-refractivity contribution in [3.63, 3.8) is 0 Å². The van der Waals surface area contributed by atoms with Gasteiger partial charge >= 0.3 is 41.5 Å². The number of nitrogens with zero attached hydrogens (tertiary/aromatic N) is 4. The SMILES string of the molecule is C=CC1=C(C)C2=NC1=CC1=NC(=Cc3[n-]c4c(c3C)=C(O)[C@H](C(=O)OC)C=4C3=NC(=C2)[C@@H](C)[C@@H]3CCC(=O)O)C(CC)=C1C=O.[Cu].[Na+]. The molecule has 8 bridgehead atoms. The topological polar surface area (TPSA) is 152 Å². The number of fused-ring (bicyclic) bond motifs is 5. The molecule has 1 aromatic heterocycles. The summed E-state index contributed by atoms with van der Waals surface area (Å²) in [7, 11) is 1.26. The summed E-state index contributed by atoms with van der Waals surface area (Å²) in [6, 6.07) is 0. The summed E-state index contributed by atoms with van der Waals surface area (Å²) in [6.07, 6.45) is 8.67. The van der Waals surface area contributed by atoms with Gasteiger partial charge in [0.25, 0.3) is 0 Å². The molecular weight excluding hydrogens is 659 g/mol. The third kappa shape index (κ3) is 5.78. The summed E-state index contributed by atoms with van der Waals surface area (Å²) in [6.45, 7) is 11.6. The molecular formula is C35H33CuN4NaO6. The van der Waals surface area contributed by atoms with E-state index in [-0.39, 0.29) is 77.1 Å². The number of esters is 1. The van der Waals surface area contributed by atoms with E-state index in [9.17, 15) is 24.6 Å². The van der Waals surface area contributed by atoms with Gasteiger partial charge in [0.15, 0.2) is 6.29 Å². The van der Waals surface area contributed by atoms with Crippen LogP contribution in [-0.4, -0.2) is 52.7 Å². The Hall–Kier alpha value is -3.60. The van der Waals surface area contributed by atoms with E-state index in [1.807, 2.05) is 33.8 Å². The first kappa shape index (κ1) is 36.2. The van der Waals surface area contributed by atoms with Crippen molar-refractivity contribution in [2.75, 3.05) is 7.11 Å². The van der Waals surface area contributed by atoms with Crippen LogP contribution in [-0.2, 0) is 36.2 Å². The van der Waals surface area contributed by atoms with E-state index in [2.05, 4.69) is 6.58 Å². The zero-order valence-electron chi connectivity index (χ0n) is 27.1. The van der Waals surface area contributed by atoms with Crippen LogP contribution in [0.4, 0.5) is 0 Å². The number of carboxylic acid groups (broad SMARTS) is 1. The molecule has 0 saturated heterocycles. The van der Waals surface area contributed by atoms with Crippen LogP contribution in [0.25, 0.3) is 17.4 Å². The first-order valence-corrected chi connectivity index (χ1v) is 14.9. The molecule has 0 fully saturated rings. The number of methoxy groups -OCH3 is 1. The maximum atomic E-state index is 13.2. The van der Waals surface area contributed by atoms with Gasteiger partial charge in [0.1, 0.15) is 11.7 Å². The fourth-order valence-electron chi connectivity index (χ4n) is 6.90. The summed E-state index contributed by atoms with van der Waals surface area (Å²) < 4.78 is 5.13. The van der Waals surface area contributed by atoms with E-state index in [4.69, 9.17) is 24.7 Å². The maximum Gasteiger partial charge on any atom is 1.00 e.